The van der Waals surface area contributed by atoms with Crippen LogP contribution in [0.5, 0.6) is 0 Å². The van der Waals surface area contributed by atoms with Crippen molar-refractivity contribution in [3.05, 3.63) is 146 Å². The summed E-state index contributed by atoms with van der Waals surface area (Å²) < 4.78 is 22.9. The van der Waals surface area contributed by atoms with E-state index in [2.05, 4.69) is 160 Å². The molecular weight excluding hydrogens is 1320 g/mol. The van der Waals surface area contributed by atoms with Crippen molar-refractivity contribution in [3.8, 4) is 0 Å². The van der Waals surface area contributed by atoms with Crippen LogP contribution in [0, 0.1) is 0 Å². The summed E-state index contributed by atoms with van der Waals surface area (Å²) in [5.74, 6) is -2.31. The average Bonchev–Trinajstić information content (AvgIpc) is 0.965. The van der Waals surface area contributed by atoms with Gasteiger partial charge in [-0.05, 0) is 103 Å². The number of esters is 2. The lowest BCUT2D eigenvalue weighted by Crippen LogP contribution is -2.44. The zero-order valence-electron chi connectivity index (χ0n) is 70.5. The van der Waals surface area contributed by atoms with Crippen molar-refractivity contribution in [1.82, 2.24) is 0 Å². The Hall–Kier alpha value is -4.83. The van der Waals surface area contributed by atoms with Gasteiger partial charge in [0, 0.05) is 12.8 Å². The molecule has 2 unspecified atom stereocenters. The maximum Gasteiger partial charge on any atom is 0.306 e. The first kappa shape index (κ1) is 102. The molecule has 0 aromatic carbocycles. The predicted octanol–water partition coefficient (Wildman–Crippen LogP) is 28.4. The molecule has 0 aliphatic carbocycles. The van der Waals surface area contributed by atoms with Crippen molar-refractivity contribution in [2.24, 2.45) is 0 Å². The topological polar surface area (TPSA) is 111 Å². The Labute approximate surface area is 662 Å². The minimum absolute atomic E-state index is 0.137. The van der Waals surface area contributed by atoms with Crippen LogP contribution in [0.15, 0.2) is 146 Å². The highest BCUT2D eigenvalue weighted by Gasteiger charge is 2.22. The highest BCUT2D eigenvalue weighted by Crippen LogP contribution is 2.20. The van der Waals surface area contributed by atoms with Crippen LogP contribution in [0.3, 0.4) is 0 Å². The van der Waals surface area contributed by atoms with E-state index < -0.39 is 24.3 Å². The molecule has 0 aliphatic heterocycles. The monoisotopic (exact) mass is 1490 g/mol. The zero-order valence-corrected chi connectivity index (χ0v) is 70.5. The van der Waals surface area contributed by atoms with Crippen LogP contribution in [0.2, 0.25) is 0 Å². The van der Waals surface area contributed by atoms with E-state index >= 15 is 0 Å². The van der Waals surface area contributed by atoms with Crippen LogP contribution in [0.4, 0.5) is 0 Å². The van der Waals surface area contributed by atoms with Crippen molar-refractivity contribution >= 4 is 17.9 Å². The van der Waals surface area contributed by atoms with Crippen molar-refractivity contribution in [1.29, 1.82) is 0 Å². The molecule has 9 nitrogen and oxygen atoms in total. The van der Waals surface area contributed by atoms with Crippen LogP contribution < -0.4 is 5.11 Å². The summed E-state index contributed by atoms with van der Waals surface area (Å²) in [5.41, 5.74) is 0. The first-order valence-corrected chi connectivity index (χ1v) is 45.0. The highest BCUT2D eigenvalue weighted by atomic mass is 16.7. The number of likely N-dealkylation sites (N-methyl/N-ethyl adjacent to an activating group) is 1. The molecule has 0 bridgehead atoms. The van der Waals surface area contributed by atoms with E-state index in [0.29, 0.717) is 17.4 Å². The zero-order chi connectivity index (χ0) is 77.4. The molecule has 0 spiro atoms. The lowest BCUT2D eigenvalue weighted by atomic mass is 10.0. The number of carboxylic acids is 1. The minimum Gasteiger partial charge on any atom is -0.545 e. The van der Waals surface area contributed by atoms with Gasteiger partial charge < -0.3 is 33.3 Å². The number of ether oxygens (including phenoxy) is 4. The van der Waals surface area contributed by atoms with Crippen molar-refractivity contribution in [2.75, 3.05) is 47.5 Å². The van der Waals surface area contributed by atoms with E-state index in [-0.39, 0.29) is 38.6 Å². The molecule has 0 amide bonds. The van der Waals surface area contributed by atoms with E-state index in [1.54, 1.807) is 0 Å². The molecule has 9 heteroatoms. The summed E-state index contributed by atoms with van der Waals surface area (Å²) in [5, 5.41) is 11.9. The number of rotatable bonds is 83. The lowest BCUT2D eigenvalue weighted by Gasteiger charge is -2.26. The third-order valence-electron chi connectivity index (χ3n) is 19.6. The Morgan fingerprint density at radius 1 is 0.290 bits per heavy atom. The molecule has 0 rings (SSSR count). The van der Waals surface area contributed by atoms with Crippen molar-refractivity contribution in [2.45, 2.75) is 411 Å². The van der Waals surface area contributed by atoms with Gasteiger partial charge in [0.25, 0.3) is 0 Å². The third-order valence-corrected chi connectivity index (χ3v) is 19.6. The second kappa shape index (κ2) is 86.8. The number of quaternary nitrogens is 1. The average molecular weight is 1490 g/mol. The number of carbonyl (C=O) groups is 3. The van der Waals surface area contributed by atoms with Gasteiger partial charge in [-0.1, -0.05) is 429 Å². The fourth-order valence-corrected chi connectivity index (χ4v) is 12.8. The second-order valence-electron chi connectivity index (χ2n) is 31.2. The molecule has 0 heterocycles. The minimum atomic E-state index is -1.64. The number of nitrogens with zero attached hydrogens (tertiary/aromatic N) is 1. The van der Waals surface area contributed by atoms with Crippen LogP contribution in [-0.2, 0) is 33.3 Å². The maximum atomic E-state index is 13.0. The number of hydrogen-bond acceptors (Lipinski definition) is 8. The third kappa shape index (κ3) is 88.3. The van der Waals surface area contributed by atoms with Crippen LogP contribution in [0.1, 0.15) is 399 Å². The Morgan fingerprint density at radius 2 is 0.533 bits per heavy atom. The SMILES string of the molecule is CC/C=C\C/C=C\C/C=C\C/C=C\C/C=C\C/C=C\C/C=C\C/C=C\C/C=C\C/C=C\C/C=C\C/C=C\CCCCCCC(=O)OC(COC(=O)CCCCCCCCCCCCCCCCCCCCCCCCCCCCCCCCCCCCCCCCCCC)COC(OCC[N+](C)(C)C)C(=O)[O-]. The summed E-state index contributed by atoms with van der Waals surface area (Å²) in [6.07, 6.45) is 125. The number of aliphatic carboxylic acids is 1. The van der Waals surface area contributed by atoms with Gasteiger partial charge in [0.2, 0.25) is 0 Å². The summed E-state index contributed by atoms with van der Waals surface area (Å²) in [6.45, 7) is 4.64. The smallest absolute Gasteiger partial charge is 0.306 e. The second-order valence-corrected chi connectivity index (χ2v) is 31.2. The maximum absolute atomic E-state index is 13.0. The summed E-state index contributed by atoms with van der Waals surface area (Å²) >= 11 is 0. The normalized spacial score (nSPS) is 13.3. The first-order chi connectivity index (χ1) is 52.6. The molecule has 0 saturated carbocycles. The molecule has 0 aliphatic rings. The Balaban J connectivity index is 4.04. The van der Waals surface area contributed by atoms with Crippen LogP contribution >= 0.6 is 0 Å². The van der Waals surface area contributed by atoms with E-state index in [0.717, 1.165) is 122 Å². The Morgan fingerprint density at radius 3 is 0.794 bits per heavy atom. The molecule has 2 atom stereocenters. The van der Waals surface area contributed by atoms with Gasteiger partial charge in [-0.25, -0.2) is 0 Å². The number of allylic oxidation sites excluding steroid dienone is 24. The largest absolute Gasteiger partial charge is 0.545 e. The van der Waals surface area contributed by atoms with Gasteiger partial charge in [-0.2, -0.15) is 0 Å². The first-order valence-electron chi connectivity index (χ1n) is 45.0. The fourth-order valence-electron chi connectivity index (χ4n) is 12.8. The summed E-state index contributed by atoms with van der Waals surface area (Å²) in [6, 6.07) is 0. The predicted molar refractivity (Wildman–Crippen MR) is 462 cm³/mol. The summed E-state index contributed by atoms with van der Waals surface area (Å²) in [4.78, 5) is 37.7. The van der Waals surface area contributed by atoms with Gasteiger partial charge in [-0.3, -0.25) is 9.59 Å². The highest BCUT2D eigenvalue weighted by molar-refractivity contribution is 5.70. The number of unbranched alkanes of at least 4 members (excludes halogenated alkanes) is 44. The number of carboxylic acid groups (broad SMARTS) is 1. The molecule has 0 radical (unpaired) electrons. The van der Waals surface area contributed by atoms with Gasteiger partial charge >= 0.3 is 11.9 Å². The van der Waals surface area contributed by atoms with E-state index in [9.17, 15) is 19.5 Å². The fraction of sp³-hybridized carbons (Fsp3) is 0.724. The molecular formula is C98H169NO8. The quantitative estimate of drug-likeness (QED) is 0.0195. The van der Waals surface area contributed by atoms with Crippen LogP contribution in [-0.4, -0.2) is 82.3 Å². The lowest BCUT2D eigenvalue weighted by molar-refractivity contribution is -0.870. The molecule has 614 valence electrons. The number of carbonyl (C=O) groups excluding carboxylic acids is 3. The van der Waals surface area contributed by atoms with Gasteiger partial charge in [0.15, 0.2) is 12.4 Å². The standard InChI is InChI=1S/C98H169NO8/c1-6-8-10-12-14-16-18-20-22-24-26-28-30-32-34-36-38-40-42-44-46-48-50-52-54-56-58-60-62-64-66-68-70-72-74-76-78-80-82-84-86-88-95(100)105-92-94(93-106-98(97(102)103)104-91-90-99(3,4)5)107-96(101)89-87-85-83-81-79-77-75-73-71-69-67-65-63-61-59-57-55-53-51-49-47-45-43-41-39-37-35-33-31-29-27-25-23-21-19-17-15-13-11-9-7-2/h9,11,15,17,21,23,27,29,33,35,39,41,45,47,51,53,57,59,63,65,69,71,75,77,94,98H,6-8,10,12-14,16,18-20,22,24-26,28,30-32,34,36-38,40,42-44,46,48-50,52,54-56,58,60-62,64,66-68,70,72-74,76,78-93H2,1-5H3/b11-9-,17-15-,23-21-,29-27-,35-33-,41-39-,47-45-,53-51-,59-57-,65-63-,71-69-,77-75-. The van der Waals surface area contributed by atoms with E-state index in [1.165, 1.54) is 244 Å². The molecule has 0 N–H and O–H groups in total. The van der Waals surface area contributed by atoms with Crippen LogP contribution in [0.25, 0.3) is 0 Å². The van der Waals surface area contributed by atoms with E-state index in [4.69, 9.17) is 18.9 Å². The van der Waals surface area contributed by atoms with E-state index in [1.807, 2.05) is 21.1 Å². The molecule has 0 aromatic rings. The Kier molecular flexibility index (Phi) is 82.8. The molecule has 0 aromatic heterocycles. The number of hydrogen-bond donors (Lipinski definition) is 0. The van der Waals surface area contributed by atoms with Gasteiger partial charge in [0.1, 0.15) is 13.2 Å². The molecule has 0 fully saturated rings. The van der Waals surface area contributed by atoms with Gasteiger partial charge in [0.05, 0.1) is 40.3 Å². The van der Waals surface area contributed by atoms with Crippen molar-refractivity contribution < 1.29 is 42.9 Å². The Bertz CT molecular complexity index is 2290. The molecule has 0 saturated heterocycles. The summed E-state index contributed by atoms with van der Waals surface area (Å²) in [7, 11) is 5.93. The van der Waals surface area contributed by atoms with Crippen molar-refractivity contribution in [3.63, 3.8) is 0 Å². The molecule has 107 heavy (non-hydrogen) atoms. The van der Waals surface area contributed by atoms with Gasteiger partial charge in [-0.15, -0.1) is 0 Å².